The molecule has 2 heterocycles. The Morgan fingerprint density at radius 1 is 1.38 bits per heavy atom. The Morgan fingerprint density at radius 2 is 2.14 bits per heavy atom. The summed E-state index contributed by atoms with van der Waals surface area (Å²) in [6.07, 6.45) is 6.77. The van der Waals surface area contributed by atoms with Crippen LogP contribution in [-0.2, 0) is 17.6 Å². The number of aryl methyl sites for hydroxylation is 1. The molecule has 1 aliphatic heterocycles. The number of aliphatic imine (C=N–C) groups is 1. The van der Waals surface area contributed by atoms with Crippen molar-refractivity contribution >= 4 is 47.4 Å². The SMILES string of the molecule is CCc1cnc(CCNC(=NC)NCC2CCCCN2C(=O)OC(C)(C)C)s1.I. The molecule has 0 saturated carbocycles. The molecule has 2 rings (SSSR count). The number of amides is 1. The van der Waals surface area contributed by atoms with Crippen LogP contribution in [0.15, 0.2) is 11.2 Å². The van der Waals surface area contributed by atoms with Gasteiger partial charge in [0.25, 0.3) is 0 Å². The number of hydrogen-bond donors (Lipinski definition) is 2. The van der Waals surface area contributed by atoms with E-state index in [2.05, 4.69) is 27.5 Å². The first kappa shape index (κ1) is 25.9. The quantitative estimate of drug-likeness (QED) is 0.328. The first-order valence-electron chi connectivity index (χ1n) is 10.2. The third-order valence-corrected chi connectivity index (χ3v) is 5.77. The standard InChI is InChI=1S/C20H35N5O2S.HI/c1-6-16-14-23-17(28-16)10-11-22-18(21-5)24-13-15-9-7-8-12-25(15)19(26)27-20(2,3)4;/h14-15H,6-13H2,1-5H3,(H2,21,22,24);1H. The maximum atomic E-state index is 12.5. The highest BCUT2D eigenvalue weighted by molar-refractivity contribution is 14.0. The molecule has 9 heteroatoms. The van der Waals surface area contributed by atoms with Crippen LogP contribution in [0.4, 0.5) is 4.79 Å². The number of rotatable bonds is 6. The normalized spacial score (nSPS) is 17.5. The minimum Gasteiger partial charge on any atom is -0.444 e. The van der Waals surface area contributed by atoms with Gasteiger partial charge in [-0.15, -0.1) is 35.3 Å². The second-order valence-corrected chi connectivity index (χ2v) is 9.23. The summed E-state index contributed by atoms with van der Waals surface area (Å²) in [5.74, 6) is 0.752. The van der Waals surface area contributed by atoms with Crippen molar-refractivity contribution < 1.29 is 9.53 Å². The lowest BCUT2D eigenvalue weighted by atomic mass is 10.0. The van der Waals surface area contributed by atoms with Gasteiger partial charge in [-0.3, -0.25) is 4.99 Å². The third kappa shape index (κ3) is 9.06. The van der Waals surface area contributed by atoms with Gasteiger partial charge in [0.05, 0.1) is 11.0 Å². The van der Waals surface area contributed by atoms with Crippen LogP contribution in [0.5, 0.6) is 0 Å². The molecule has 0 spiro atoms. The molecule has 7 nitrogen and oxygen atoms in total. The van der Waals surface area contributed by atoms with E-state index in [1.165, 1.54) is 4.88 Å². The van der Waals surface area contributed by atoms with Crippen LogP contribution in [0.2, 0.25) is 0 Å². The van der Waals surface area contributed by atoms with Crippen molar-refractivity contribution in [3.8, 4) is 0 Å². The molecule has 1 aromatic rings. The predicted molar refractivity (Wildman–Crippen MR) is 131 cm³/mol. The molecule has 0 aliphatic carbocycles. The van der Waals surface area contributed by atoms with E-state index in [0.717, 1.165) is 56.2 Å². The van der Waals surface area contributed by atoms with Gasteiger partial charge in [0.2, 0.25) is 0 Å². The van der Waals surface area contributed by atoms with E-state index < -0.39 is 5.60 Å². The van der Waals surface area contributed by atoms with E-state index >= 15 is 0 Å². The van der Waals surface area contributed by atoms with Crippen LogP contribution in [0, 0.1) is 0 Å². The number of aromatic nitrogens is 1. The first-order chi connectivity index (χ1) is 13.3. The van der Waals surface area contributed by atoms with Gasteiger partial charge in [0, 0.05) is 44.2 Å². The Bertz CT molecular complexity index is 660. The number of piperidine rings is 1. The minimum atomic E-state index is -0.475. The van der Waals surface area contributed by atoms with Crippen LogP contribution in [0.1, 0.15) is 56.8 Å². The number of hydrogen-bond acceptors (Lipinski definition) is 5. The fourth-order valence-electron chi connectivity index (χ4n) is 3.12. The highest BCUT2D eigenvalue weighted by Gasteiger charge is 2.30. The summed E-state index contributed by atoms with van der Waals surface area (Å²) in [5, 5.41) is 7.84. The zero-order valence-electron chi connectivity index (χ0n) is 18.3. The van der Waals surface area contributed by atoms with E-state index in [-0.39, 0.29) is 36.1 Å². The number of carbonyl (C=O) groups is 1. The van der Waals surface area contributed by atoms with Gasteiger partial charge >= 0.3 is 6.09 Å². The second kappa shape index (κ2) is 12.6. The van der Waals surface area contributed by atoms with Gasteiger partial charge < -0.3 is 20.3 Å². The topological polar surface area (TPSA) is 78.9 Å². The molecule has 0 bridgehead atoms. The highest BCUT2D eigenvalue weighted by atomic mass is 127. The lowest BCUT2D eigenvalue weighted by Crippen LogP contribution is -2.52. The minimum absolute atomic E-state index is 0. The molecule has 2 N–H and O–H groups in total. The highest BCUT2D eigenvalue weighted by Crippen LogP contribution is 2.20. The molecular formula is C20H36IN5O2S. The number of nitrogens with one attached hydrogen (secondary N) is 2. The summed E-state index contributed by atoms with van der Waals surface area (Å²) in [6, 6.07) is 0.119. The molecule has 0 aromatic carbocycles. The van der Waals surface area contributed by atoms with E-state index in [1.54, 1.807) is 18.4 Å². The number of ether oxygens (including phenoxy) is 1. The van der Waals surface area contributed by atoms with Crippen LogP contribution in [0.25, 0.3) is 0 Å². The molecule has 1 amide bonds. The number of thiazole rings is 1. The van der Waals surface area contributed by atoms with Crippen molar-refractivity contribution in [1.82, 2.24) is 20.5 Å². The van der Waals surface area contributed by atoms with E-state index in [9.17, 15) is 4.79 Å². The van der Waals surface area contributed by atoms with E-state index in [0.29, 0.717) is 6.54 Å². The summed E-state index contributed by atoms with van der Waals surface area (Å²) in [4.78, 5) is 24.4. The molecule has 29 heavy (non-hydrogen) atoms. The van der Waals surface area contributed by atoms with E-state index in [4.69, 9.17) is 4.74 Å². The Morgan fingerprint density at radius 3 is 2.76 bits per heavy atom. The summed E-state index contributed by atoms with van der Waals surface area (Å²) < 4.78 is 5.57. The second-order valence-electron chi connectivity index (χ2n) is 8.03. The van der Waals surface area contributed by atoms with Crippen LogP contribution < -0.4 is 10.6 Å². The lowest BCUT2D eigenvalue weighted by molar-refractivity contribution is 0.0104. The van der Waals surface area contributed by atoms with Gasteiger partial charge in [-0.1, -0.05) is 6.92 Å². The van der Waals surface area contributed by atoms with Gasteiger partial charge in [0.1, 0.15) is 5.60 Å². The number of guanidine groups is 1. The Kier molecular flexibility index (Phi) is 11.2. The fraction of sp³-hybridized carbons (Fsp3) is 0.750. The number of likely N-dealkylation sites (tertiary alicyclic amines) is 1. The molecule has 0 radical (unpaired) electrons. The zero-order chi connectivity index (χ0) is 20.6. The van der Waals surface area contributed by atoms with Gasteiger partial charge in [-0.05, 0) is 46.5 Å². The maximum absolute atomic E-state index is 12.5. The average molecular weight is 538 g/mol. The van der Waals surface area contributed by atoms with Crippen molar-refractivity contribution in [2.24, 2.45) is 4.99 Å². The maximum Gasteiger partial charge on any atom is 0.410 e. The summed E-state index contributed by atoms with van der Waals surface area (Å²) in [7, 11) is 1.76. The molecule has 1 unspecified atom stereocenters. The summed E-state index contributed by atoms with van der Waals surface area (Å²) >= 11 is 1.77. The Balaban J connectivity index is 0.00000420. The first-order valence-corrected chi connectivity index (χ1v) is 11.0. The molecule has 1 saturated heterocycles. The van der Waals surface area contributed by atoms with Crippen molar-refractivity contribution in [2.75, 3.05) is 26.7 Å². The van der Waals surface area contributed by atoms with Gasteiger partial charge in [0.15, 0.2) is 5.96 Å². The Labute approximate surface area is 196 Å². The number of carbonyl (C=O) groups excluding carboxylic acids is 1. The van der Waals surface area contributed by atoms with E-state index in [1.807, 2.05) is 31.9 Å². The van der Waals surface area contributed by atoms with Crippen molar-refractivity contribution in [3.63, 3.8) is 0 Å². The zero-order valence-corrected chi connectivity index (χ0v) is 21.4. The van der Waals surface area contributed by atoms with Crippen molar-refractivity contribution in [2.45, 2.75) is 71.4 Å². The number of halogens is 1. The van der Waals surface area contributed by atoms with Gasteiger partial charge in [-0.2, -0.15) is 0 Å². The molecule has 1 atom stereocenters. The van der Waals surface area contributed by atoms with Crippen molar-refractivity contribution in [1.29, 1.82) is 0 Å². The number of nitrogens with zero attached hydrogens (tertiary/aromatic N) is 3. The molecule has 166 valence electrons. The average Bonchev–Trinajstić information content (AvgIpc) is 3.11. The summed E-state index contributed by atoms with van der Waals surface area (Å²) in [6.45, 7) is 10.0. The third-order valence-electron chi connectivity index (χ3n) is 4.57. The molecule has 1 aromatic heterocycles. The molecular weight excluding hydrogens is 501 g/mol. The smallest absolute Gasteiger partial charge is 0.410 e. The van der Waals surface area contributed by atoms with Crippen LogP contribution in [-0.4, -0.2) is 60.3 Å². The fourth-order valence-corrected chi connectivity index (χ4v) is 3.99. The lowest BCUT2D eigenvalue weighted by Gasteiger charge is -2.37. The monoisotopic (exact) mass is 537 g/mol. The van der Waals surface area contributed by atoms with Crippen molar-refractivity contribution in [3.05, 3.63) is 16.1 Å². The molecule has 1 aliphatic rings. The largest absolute Gasteiger partial charge is 0.444 e. The molecule has 1 fully saturated rings. The van der Waals surface area contributed by atoms with Crippen LogP contribution >= 0.6 is 35.3 Å². The summed E-state index contributed by atoms with van der Waals surface area (Å²) in [5.41, 5.74) is -0.475. The Hall–Kier alpha value is -1.10. The predicted octanol–water partition coefficient (Wildman–Crippen LogP) is 3.82. The van der Waals surface area contributed by atoms with Gasteiger partial charge in [-0.25, -0.2) is 9.78 Å². The van der Waals surface area contributed by atoms with Crippen LogP contribution in [0.3, 0.4) is 0 Å².